The highest BCUT2D eigenvalue weighted by Gasteiger charge is 2.24. The molecule has 1 heterocycles. The van der Waals surface area contributed by atoms with Crippen LogP contribution in [0.3, 0.4) is 0 Å². The van der Waals surface area contributed by atoms with Gasteiger partial charge >= 0.3 is 10.1 Å². The lowest BCUT2D eigenvalue weighted by molar-refractivity contribution is 0.296. The predicted octanol–water partition coefficient (Wildman–Crippen LogP) is 3.65. The Balaban J connectivity index is 1.98. The van der Waals surface area contributed by atoms with Crippen molar-refractivity contribution in [3.63, 3.8) is 0 Å². The Morgan fingerprint density at radius 2 is 1.93 bits per heavy atom. The number of halogens is 1. The summed E-state index contributed by atoms with van der Waals surface area (Å²) < 4.78 is 47.6. The molecule has 142 valence electrons. The number of fused-ring (bicyclic) bond motifs is 1. The molecule has 1 aliphatic heterocycles. The molecular weight excluding hydrogens is 438 g/mol. The molecular formula is C18H16BrNO6S. The third-order valence-electron chi connectivity index (χ3n) is 3.64. The summed E-state index contributed by atoms with van der Waals surface area (Å²) in [4.78, 5) is -0.0783. The quantitative estimate of drug-likeness (QED) is 0.637. The lowest BCUT2D eigenvalue weighted by Crippen LogP contribution is -2.12. The number of nitrogens with zero attached hydrogens (tertiary/aromatic N) is 1. The van der Waals surface area contributed by atoms with Crippen molar-refractivity contribution in [2.75, 3.05) is 19.8 Å². The van der Waals surface area contributed by atoms with Gasteiger partial charge in [-0.05, 0) is 41.1 Å². The standard InChI is InChI=1S/C18H16BrNO6S/c1-2-23-17-9-12(11-20)8-14(19)18(17)26-27(21,22)13-4-5-15-16(10-13)25-7-3-6-24-15/h4-5,8-10H,2-3,6-7H2,1H3. The summed E-state index contributed by atoms with van der Waals surface area (Å²) in [6.45, 7) is 2.97. The molecule has 0 fully saturated rings. The van der Waals surface area contributed by atoms with Crippen LogP contribution in [-0.4, -0.2) is 28.2 Å². The minimum atomic E-state index is -4.17. The first-order valence-corrected chi connectivity index (χ1v) is 10.4. The second-order valence-corrected chi connectivity index (χ2v) is 7.93. The van der Waals surface area contributed by atoms with Gasteiger partial charge in [-0.1, -0.05) is 0 Å². The zero-order valence-electron chi connectivity index (χ0n) is 14.4. The van der Waals surface area contributed by atoms with Crippen molar-refractivity contribution in [2.24, 2.45) is 0 Å². The predicted molar refractivity (Wildman–Crippen MR) is 99.9 cm³/mol. The van der Waals surface area contributed by atoms with E-state index in [0.717, 1.165) is 0 Å². The van der Waals surface area contributed by atoms with Gasteiger partial charge in [-0.15, -0.1) is 0 Å². The van der Waals surface area contributed by atoms with Crippen molar-refractivity contribution >= 4 is 26.0 Å². The van der Waals surface area contributed by atoms with Gasteiger partial charge in [-0.2, -0.15) is 13.7 Å². The van der Waals surface area contributed by atoms with Gasteiger partial charge in [0.25, 0.3) is 0 Å². The fourth-order valence-electron chi connectivity index (χ4n) is 2.43. The zero-order valence-corrected chi connectivity index (χ0v) is 16.8. The first-order valence-electron chi connectivity index (χ1n) is 8.15. The van der Waals surface area contributed by atoms with E-state index in [1.807, 2.05) is 6.07 Å². The van der Waals surface area contributed by atoms with E-state index in [4.69, 9.17) is 23.7 Å². The fourth-order valence-corrected chi connectivity index (χ4v) is 4.04. The molecule has 2 aromatic rings. The number of hydrogen-bond acceptors (Lipinski definition) is 7. The molecule has 2 aromatic carbocycles. The minimum Gasteiger partial charge on any atom is -0.490 e. The molecule has 3 rings (SSSR count). The van der Waals surface area contributed by atoms with Crippen molar-refractivity contribution in [3.05, 3.63) is 40.4 Å². The summed E-state index contributed by atoms with van der Waals surface area (Å²) in [7, 11) is -4.17. The Bertz CT molecular complexity index is 1000. The first kappa shape index (κ1) is 19.3. The monoisotopic (exact) mass is 453 g/mol. The SMILES string of the molecule is CCOc1cc(C#N)cc(Br)c1OS(=O)(=O)c1ccc2c(c1)OCCCO2. The molecule has 0 amide bonds. The maximum atomic E-state index is 12.8. The first-order chi connectivity index (χ1) is 12.9. The highest BCUT2D eigenvalue weighted by atomic mass is 79.9. The zero-order chi connectivity index (χ0) is 19.4. The van der Waals surface area contributed by atoms with Crippen LogP contribution in [0.1, 0.15) is 18.9 Å². The lowest BCUT2D eigenvalue weighted by atomic mass is 10.2. The van der Waals surface area contributed by atoms with Gasteiger partial charge in [-0.3, -0.25) is 0 Å². The molecule has 7 nitrogen and oxygen atoms in total. The molecule has 0 saturated heterocycles. The maximum absolute atomic E-state index is 12.8. The summed E-state index contributed by atoms with van der Waals surface area (Å²) in [5.41, 5.74) is 0.311. The van der Waals surface area contributed by atoms with Gasteiger partial charge in [0.05, 0.1) is 35.9 Å². The highest BCUT2D eigenvalue weighted by molar-refractivity contribution is 9.10. The van der Waals surface area contributed by atoms with Crippen LogP contribution in [0.5, 0.6) is 23.0 Å². The summed E-state index contributed by atoms with van der Waals surface area (Å²) in [5.74, 6) is 0.964. The molecule has 0 aromatic heterocycles. The number of rotatable bonds is 5. The van der Waals surface area contributed by atoms with Crippen molar-refractivity contribution in [3.8, 4) is 29.1 Å². The Morgan fingerprint density at radius 3 is 2.63 bits per heavy atom. The average Bonchev–Trinajstić information content (AvgIpc) is 2.89. The Labute approximate surface area is 165 Å². The number of ether oxygens (including phenoxy) is 3. The highest BCUT2D eigenvalue weighted by Crippen LogP contribution is 2.39. The minimum absolute atomic E-state index is 0.0250. The molecule has 0 atom stereocenters. The van der Waals surface area contributed by atoms with Gasteiger partial charge in [0.2, 0.25) is 0 Å². The molecule has 9 heteroatoms. The summed E-state index contributed by atoms with van der Waals surface area (Å²) >= 11 is 3.24. The molecule has 0 N–H and O–H groups in total. The number of hydrogen-bond donors (Lipinski definition) is 0. The normalized spacial score (nSPS) is 13.4. The molecule has 0 bridgehead atoms. The van der Waals surface area contributed by atoms with Crippen molar-refractivity contribution in [2.45, 2.75) is 18.2 Å². The van der Waals surface area contributed by atoms with Gasteiger partial charge < -0.3 is 18.4 Å². The molecule has 1 aliphatic rings. The Hall–Kier alpha value is -2.44. The smallest absolute Gasteiger partial charge is 0.339 e. The van der Waals surface area contributed by atoms with Crippen LogP contribution in [-0.2, 0) is 10.1 Å². The van der Waals surface area contributed by atoms with Gasteiger partial charge in [0, 0.05) is 18.6 Å². The molecule has 0 unspecified atom stereocenters. The van der Waals surface area contributed by atoms with E-state index in [1.165, 1.54) is 30.3 Å². The lowest BCUT2D eigenvalue weighted by Gasteiger charge is -2.15. The van der Waals surface area contributed by atoms with Crippen LogP contribution >= 0.6 is 15.9 Å². The van der Waals surface area contributed by atoms with Crippen LogP contribution in [0.2, 0.25) is 0 Å². The van der Waals surface area contributed by atoms with Crippen LogP contribution in [0.25, 0.3) is 0 Å². The van der Waals surface area contributed by atoms with Gasteiger partial charge in [-0.25, -0.2) is 0 Å². The summed E-state index contributed by atoms with van der Waals surface area (Å²) in [6.07, 6.45) is 0.711. The molecule has 0 saturated carbocycles. The second kappa shape index (κ2) is 8.06. The molecule has 0 aliphatic carbocycles. The average molecular weight is 454 g/mol. The van der Waals surface area contributed by atoms with E-state index in [9.17, 15) is 8.42 Å². The van der Waals surface area contributed by atoms with E-state index in [-0.39, 0.29) is 23.0 Å². The Morgan fingerprint density at radius 1 is 1.19 bits per heavy atom. The molecule has 27 heavy (non-hydrogen) atoms. The topological polar surface area (TPSA) is 94.9 Å². The third kappa shape index (κ3) is 4.28. The van der Waals surface area contributed by atoms with Crippen LogP contribution in [0.15, 0.2) is 39.7 Å². The second-order valence-electron chi connectivity index (χ2n) is 5.53. The fraction of sp³-hybridized carbons (Fsp3) is 0.278. The van der Waals surface area contributed by atoms with Gasteiger partial charge in [0.1, 0.15) is 4.90 Å². The maximum Gasteiger partial charge on any atom is 0.339 e. The van der Waals surface area contributed by atoms with Gasteiger partial charge in [0.15, 0.2) is 23.0 Å². The van der Waals surface area contributed by atoms with E-state index >= 15 is 0 Å². The Kier molecular flexibility index (Phi) is 5.77. The van der Waals surface area contributed by atoms with Crippen LogP contribution < -0.4 is 18.4 Å². The summed E-state index contributed by atoms with van der Waals surface area (Å²) in [5, 5.41) is 9.08. The number of nitriles is 1. The van der Waals surface area contributed by atoms with Crippen molar-refractivity contribution in [1.29, 1.82) is 5.26 Å². The largest absolute Gasteiger partial charge is 0.490 e. The van der Waals surface area contributed by atoms with Crippen LogP contribution in [0, 0.1) is 11.3 Å². The van der Waals surface area contributed by atoms with Crippen LogP contribution in [0.4, 0.5) is 0 Å². The third-order valence-corrected chi connectivity index (χ3v) is 5.45. The summed E-state index contributed by atoms with van der Waals surface area (Å²) in [6, 6.07) is 9.16. The van der Waals surface area contributed by atoms with Crippen molar-refractivity contribution in [1.82, 2.24) is 0 Å². The number of benzene rings is 2. The van der Waals surface area contributed by atoms with Crippen molar-refractivity contribution < 1.29 is 26.8 Å². The molecule has 0 spiro atoms. The van der Waals surface area contributed by atoms with E-state index < -0.39 is 10.1 Å². The molecule has 0 radical (unpaired) electrons. The van der Waals surface area contributed by atoms with E-state index in [1.54, 1.807) is 6.92 Å². The van der Waals surface area contributed by atoms with E-state index in [0.29, 0.717) is 41.2 Å². The van der Waals surface area contributed by atoms with E-state index in [2.05, 4.69) is 15.9 Å².